The predicted octanol–water partition coefficient (Wildman–Crippen LogP) is 1.41. The minimum atomic E-state index is -3.52. The van der Waals surface area contributed by atoms with Gasteiger partial charge in [0, 0.05) is 38.1 Å². The number of benzene rings is 1. The van der Waals surface area contributed by atoms with Gasteiger partial charge in [0.25, 0.3) is 0 Å². The van der Waals surface area contributed by atoms with Gasteiger partial charge in [-0.2, -0.15) is 9.57 Å². The van der Waals surface area contributed by atoms with Crippen LogP contribution in [0.15, 0.2) is 41.4 Å². The molecule has 3 heterocycles. The van der Waals surface area contributed by atoms with E-state index in [9.17, 15) is 8.42 Å². The molecule has 0 spiro atoms. The van der Waals surface area contributed by atoms with Crippen LogP contribution in [0.5, 0.6) is 0 Å². The van der Waals surface area contributed by atoms with Crippen LogP contribution in [0.2, 0.25) is 0 Å². The summed E-state index contributed by atoms with van der Waals surface area (Å²) >= 11 is 0. The molecule has 26 heavy (non-hydrogen) atoms. The number of rotatable bonds is 3. The summed E-state index contributed by atoms with van der Waals surface area (Å²) in [6, 6.07) is 9.98. The quantitative estimate of drug-likeness (QED) is 0.813. The Kier molecular flexibility index (Phi) is 4.13. The van der Waals surface area contributed by atoms with Crippen molar-refractivity contribution in [3.63, 3.8) is 0 Å². The molecule has 0 saturated carbocycles. The van der Waals surface area contributed by atoms with E-state index in [0.717, 1.165) is 24.7 Å². The highest BCUT2D eigenvalue weighted by Crippen LogP contribution is 2.35. The summed E-state index contributed by atoms with van der Waals surface area (Å²) in [6.07, 6.45) is 1.76. The predicted molar refractivity (Wildman–Crippen MR) is 95.9 cm³/mol. The van der Waals surface area contributed by atoms with Crippen LogP contribution in [-0.4, -0.2) is 48.9 Å². The largest absolute Gasteiger partial charge is 0.340 e. The van der Waals surface area contributed by atoms with Crippen molar-refractivity contribution >= 4 is 16.0 Å². The lowest BCUT2D eigenvalue weighted by Crippen LogP contribution is -2.33. The molecule has 8 heteroatoms. The molecular formula is C18H19N5O2S. The Morgan fingerprint density at radius 3 is 2.31 bits per heavy atom. The third-order valence-corrected chi connectivity index (χ3v) is 6.98. The molecule has 2 atom stereocenters. The highest BCUT2D eigenvalue weighted by Gasteiger charge is 2.44. The Balaban J connectivity index is 1.48. The molecule has 0 aliphatic carbocycles. The number of hydrogen-bond acceptors (Lipinski definition) is 6. The van der Waals surface area contributed by atoms with Gasteiger partial charge < -0.3 is 4.90 Å². The second kappa shape index (κ2) is 6.34. The molecule has 2 saturated heterocycles. The van der Waals surface area contributed by atoms with E-state index in [1.165, 1.54) is 12.1 Å². The van der Waals surface area contributed by atoms with Crippen molar-refractivity contribution in [3.8, 4) is 6.07 Å². The lowest BCUT2D eigenvalue weighted by atomic mass is 10.0. The molecule has 2 aromatic rings. The lowest BCUT2D eigenvalue weighted by molar-refractivity contribution is 0.453. The summed E-state index contributed by atoms with van der Waals surface area (Å²) in [5.41, 5.74) is 1.38. The number of nitrogens with zero attached hydrogens (tertiary/aromatic N) is 5. The molecule has 0 amide bonds. The number of fused-ring (bicyclic) bond motifs is 1. The molecule has 2 aliphatic heterocycles. The van der Waals surface area contributed by atoms with E-state index in [-0.39, 0.29) is 16.7 Å². The van der Waals surface area contributed by atoms with E-state index in [1.807, 2.05) is 19.1 Å². The van der Waals surface area contributed by atoms with Crippen LogP contribution in [-0.2, 0) is 10.0 Å². The third kappa shape index (κ3) is 2.93. The van der Waals surface area contributed by atoms with Gasteiger partial charge in [-0.3, -0.25) is 0 Å². The molecule has 134 valence electrons. The van der Waals surface area contributed by atoms with E-state index in [2.05, 4.69) is 14.9 Å². The van der Waals surface area contributed by atoms with Gasteiger partial charge in [0.2, 0.25) is 16.0 Å². The van der Waals surface area contributed by atoms with Gasteiger partial charge in [-0.25, -0.2) is 18.4 Å². The Morgan fingerprint density at radius 1 is 1.08 bits per heavy atom. The molecule has 0 radical (unpaired) electrons. The third-order valence-electron chi connectivity index (χ3n) is 5.14. The first kappa shape index (κ1) is 16.9. The van der Waals surface area contributed by atoms with Crippen molar-refractivity contribution in [1.29, 1.82) is 5.26 Å². The monoisotopic (exact) mass is 369 g/mol. The van der Waals surface area contributed by atoms with E-state index >= 15 is 0 Å². The fourth-order valence-corrected chi connectivity index (χ4v) is 5.30. The van der Waals surface area contributed by atoms with Crippen molar-refractivity contribution in [1.82, 2.24) is 14.3 Å². The summed E-state index contributed by atoms with van der Waals surface area (Å²) in [5, 5.41) is 8.86. The highest BCUT2D eigenvalue weighted by atomic mass is 32.2. The number of nitriles is 1. The highest BCUT2D eigenvalue weighted by molar-refractivity contribution is 7.89. The zero-order chi connectivity index (χ0) is 18.3. The Bertz CT molecular complexity index is 954. The Labute approximate surface area is 153 Å². The fourth-order valence-electron chi connectivity index (χ4n) is 3.75. The summed E-state index contributed by atoms with van der Waals surface area (Å²) in [5.74, 6) is 1.29. The number of hydrogen-bond donors (Lipinski definition) is 0. The molecule has 1 aromatic carbocycles. The van der Waals surface area contributed by atoms with E-state index in [4.69, 9.17) is 5.26 Å². The maximum absolute atomic E-state index is 12.9. The van der Waals surface area contributed by atoms with Crippen LogP contribution >= 0.6 is 0 Å². The smallest absolute Gasteiger partial charge is 0.243 e. The van der Waals surface area contributed by atoms with Crippen LogP contribution in [0.4, 0.5) is 5.95 Å². The molecule has 4 rings (SSSR count). The van der Waals surface area contributed by atoms with Gasteiger partial charge in [-0.05, 0) is 49.1 Å². The van der Waals surface area contributed by atoms with Gasteiger partial charge in [0.15, 0.2) is 0 Å². The van der Waals surface area contributed by atoms with Crippen molar-refractivity contribution in [2.45, 2.75) is 11.8 Å². The molecule has 2 aliphatic rings. The zero-order valence-corrected chi connectivity index (χ0v) is 15.2. The van der Waals surface area contributed by atoms with Crippen molar-refractivity contribution in [2.75, 3.05) is 31.1 Å². The molecule has 0 N–H and O–H groups in total. The van der Waals surface area contributed by atoms with Crippen LogP contribution in [0, 0.1) is 30.1 Å². The average Bonchev–Trinajstić information content (AvgIpc) is 3.21. The second-order valence-electron chi connectivity index (χ2n) is 6.88. The zero-order valence-electron chi connectivity index (χ0n) is 14.4. The van der Waals surface area contributed by atoms with Crippen LogP contribution < -0.4 is 4.90 Å². The first-order valence-electron chi connectivity index (χ1n) is 8.52. The van der Waals surface area contributed by atoms with Crippen LogP contribution in [0.3, 0.4) is 0 Å². The fraction of sp³-hybridized carbons (Fsp3) is 0.389. The number of aromatic nitrogens is 2. The molecule has 0 bridgehead atoms. The number of anilines is 1. The Hall–Kier alpha value is -2.50. The summed E-state index contributed by atoms with van der Waals surface area (Å²) in [6.45, 7) is 4.50. The maximum atomic E-state index is 12.9. The van der Waals surface area contributed by atoms with E-state index in [0.29, 0.717) is 18.7 Å². The van der Waals surface area contributed by atoms with Crippen LogP contribution in [0.25, 0.3) is 0 Å². The van der Waals surface area contributed by atoms with Gasteiger partial charge in [-0.1, -0.05) is 0 Å². The first-order chi connectivity index (χ1) is 12.5. The first-order valence-corrected chi connectivity index (χ1v) is 9.96. The van der Waals surface area contributed by atoms with Gasteiger partial charge in [-0.15, -0.1) is 0 Å². The SMILES string of the molecule is Cc1ccnc(N2CC3CN(S(=O)(=O)c4ccc(C#N)cc4)CC3C2)n1. The molecule has 2 unspecified atom stereocenters. The Morgan fingerprint density at radius 2 is 1.73 bits per heavy atom. The van der Waals surface area contributed by atoms with E-state index < -0.39 is 10.0 Å². The van der Waals surface area contributed by atoms with Crippen molar-refractivity contribution in [3.05, 3.63) is 47.8 Å². The molecule has 7 nitrogen and oxygen atoms in total. The summed E-state index contributed by atoms with van der Waals surface area (Å²) < 4.78 is 27.3. The molecule has 1 aromatic heterocycles. The summed E-state index contributed by atoms with van der Waals surface area (Å²) in [7, 11) is -3.52. The maximum Gasteiger partial charge on any atom is 0.243 e. The minimum Gasteiger partial charge on any atom is -0.340 e. The topological polar surface area (TPSA) is 90.2 Å². The number of aryl methyl sites for hydroxylation is 1. The normalized spacial score (nSPS) is 23.0. The average molecular weight is 369 g/mol. The van der Waals surface area contributed by atoms with Gasteiger partial charge in [0.05, 0.1) is 16.5 Å². The minimum absolute atomic E-state index is 0.246. The second-order valence-corrected chi connectivity index (χ2v) is 8.82. The summed E-state index contributed by atoms with van der Waals surface area (Å²) in [4.78, 5) is 11.2. The lowest BCUT2D eigenvalue weighted by Gasteiger charge is -2.21. The van der Waals surface area contributed by atoms with Crippen LogP contribution in [0.1, 0.15) is 11.3 Å². The number of sulfonamides is 1. The van der Waals surface area contributed by atoms with E-state index in [1.54, 1.807) is 22.6 Å². The molecule has 2 fully saturated rings. The van der Waals surface area contributed by atoms with Crippen molar-refractivity contribution in [2.24, 2.45) is 11.8 Å². The van der Waals surface area contributed by atoms with Gasteiger partial charge in [0.1, 0.15) is 0 Å². The standard InChI is InChI=1S/C18H19N5O2S/c1-13-6-7-20-18(21-13)22-9-15-11-23(12-16(15)10-22)26(24,25)17-4-2-14(8-19)3-5-17/h2-7,15-16H,9-12H2,1H3. The molecular weight excluding hydrogens is 350 g/mol. The van der Waals surface area contributed by atoms with Gasteiger partial charge >= 0.3 is 0 Å². The van der Waals surface area contributed by atoms with Crippen molar-refractivity contribution < 1.29 is 8.42 Å².